The number of nitrogens with one attached hydrogen (secondary N) is 1. The van der Waals surface area contributed by atoms with Gasteiger partial charge in [0.2, 0.25) is 0 Å². The number of hydrogen-bond donors (Lipinski definition) is 2. The summed E-state index contributed by atoms with van der Waals surface area (Å²) in [6.07, 6.45) is 6.80. The van der Waals surface area contributed by atoms with Gasteiger partial charge < -0.3 is 15.2 Å². The van der Waals surface area contributed by atoms with Gasteiger partial charge in [0.15, 0.2) is 0 Å². The Morgan fingerprint density at radius 1 is 1.50 bits per heavy atom. The van der Waals surface area contributed by atoms with E-state index >= 15 is 0 Å². The van der Waals surface area contributed by atoms with Crippen molar-refractivity contribution in [1.82, 2.24) is 5.32 Å². The molecule has 1 aliphatic carbocycles. The normalized spacial score (nSPS) is 25.7. The second kappa shape index (κ2) is 8.48. The summed E-state index contributed by atoms with van der Waals surface area (Å²) in [6.45, 7) is 2.92. The van der Waals surface area contributed by atoms with Crippen molar-refractivity contribution in [3.8, 4) is 0 Å². The van der Waals surface area contributed by atoms with Crippen molar-refractivity contribution in [2.45, 2.75) is 64.0 Å². The quantitative estimate of drug-likeness (QED) is 0.683. The molecule has 1 fully saturated rings. The second-order valence-electron chi connectivity index (χ2n) is 5.31. The van der Waals surface area contributed by atoms with Crippen LogP contribution in [0.15, 0.2) is 0 Å². The summed E-state index contributed by atoms with van der Waals surface area (Å²) < 4.78 is 4.82. The predicted molar refractivity (Wildman–Crippen MR) is 71.3 cm³/mol. The summed E-state index contributed by atoms with van der Waals surface area (Å²) >= 11 is 0. The SMILES string of the molecule is CCCCC(NCC1CCCC(O)C1)C(=O)OC. The van der Waals surface area contributed by atoms with Crippen LogP contribution < -0.4 is 5.32 Å². The number of unbranched alkanes of at least 4 members (excludes halogenated alkanes) is 1. The highest BCUT2D eigenvalue weighted by atomic mass is 16.5. The van der Waals surface area contributed by atoms with Crippen molar-refractivity contribution < 1.29 is 14.6 Å². The van der Waals surface area contributed by atoms with Crippen LogP contribution in [0.3, 0.4) is 0 Å². The molecule has 0 aromatic heterocycles. The van der Waals surface area contributed by atoms with Gasteiger partial charge in [-0.1, -0.05) is 26.2 Å². The molecule has 0 aliphatic heterocycles. The zero-order chi connectivity index (χ0) is 13.4. The molecule has 0 aromatic rings. The molecule has 3 atom stereocenters. The molecule has 4 nitrogen and oxygen atoms in total. The largest absolute Gasteiger partial charge is 0.468 e. The molecule has 1 saturated carbocycles. The minimum atomic E-state index is -0.186. The molecule has 3 unspecified atom stereocenters. The first-order chi connectivity index (χ1) is 8.67. The third-order valence-corrected chi connectivity index (χ3v) is 3.74. The summed E-state index contributed by atoms with van der Waals surface area (Å²) in [5.41, 5.74) is 0. The predicted octanol–water partition coefficient (Wildman–Crippen LogP) is 1.86. The van der Waals surface area contributed by atoms with Crippen LogP contribution in [-0.2, 0) is 9.53 Å². The van der Waals surface area contributed by atoms with Gasteiger partial charge in [0.05, 0.1) is 13.2 Å². The van der Waals surface area contributed by atoms with Crippen LogP contribution >= 0.6 is 0 Å². The fourth-order valence-corrected chi connectivity index (χ4v) is 2.61. The topological polar surface area (TPSA) is 58.6 Å². The zero-order valence-corrected chi connectivity index (χ0v) is 11.7. The highest BCUT2D eigenvalue weighted by Crippen LogP contribution is 2.23. The number of ether oxygens (including phenoxy) is 1. The Balaban J connectivity index is 2.33. The number of methoxy groups -OCH3 is 1. The van der Waals surface area contributed by atoms with E-state index in [1.807, 2.05) is 0 Å². The van der Waals surface area contributed by atoms with E-state index in [4.69, 9.17) is 4.74 Å². The Hall–Kier alpha value is -0.610. The third kappa shape index (κ3) is 5.36. The third-order valence-electron chi connectivity index (χ3n) is 3.74. The van der Waals surface area contributed by atoms with Gasteiger partial charge in [-0.25, -0.2) is 0 Å². The molecular weight excluding hydrogens is 230 g/mol. The summed E-state index contributed by atoms with van der Waals surface area (Å²) in [6, 6.07) is -0.186. The molecule has 18 heavy (non-hydrogen) atoms. The molecule has 0 bridgehead atoms. The Morgan fingerprint density at radius 2 is 2.28 bits per heavy atom. The van der Waals surface area contributed by atoms with E-state index in [1.54, 1.807) is 0 Å². The van der Waals surface area contributed by atoms with E-state index in [1.165, 1.54) is 7.11 Å². The van der Waals surface area contributed by atoms with Crippen LogP contribution in [0.1, 0.15) is 51.9 Å². The summed E-state index contributed by atoms with van der Waals surface area (Å²) in [7, 11) is 1.44. The second-order valence-corrected chi connectivity index (χ2v) is 5.31. The van der Waals surface area contributed by atoms with Gasteiger partial charge in [-0.2, -0.15) is 0 Å². The van der Waals surface area contributed by atoms with Gasteiger partial charge in [-0.15, -0.1) is 0 Å². The standard InChI is InChI=1S/C14H27NO3/c1-3-4-8-13(14(17)18-2)15-10-11-6-5-7-12(16)9-11/h11-13,15-16H,3-10H2,1-2H3. The fraction of sp³-hybridized carbons (Fsp3) is 0.929. The molecule has 2 N–H and O–H groups in total. The Kier molecular flexibility index (Phi) is 7.28. The Bertz CT molecular complexity index is 245. The van der Waals surface area contributed by atoms with Gasteiger partial charge in [0.25, 0.3) is 0 Å². The van der Waals surface area contributed by atoms with Crippen LogP contribution in [0, 0.1) is 5.92 Å². The number of carbonyl (C=O) groups excluding carboxylic acids is 1. The average molecular weight is 257 g/mol. The van der Waals surface area contributed by atoms with Gasteiger partial charge >= 0.3 is 5.97 Å². The van der Waals surface area contributed by atoms with Gasteiger partial charge in [0, 0.05) is 0 Å². The lowest BCUT2D eigenvalue weighted by atomic mass is 9.87. The van der Waals surface area contributed by atoms with Crippen LogP contribution in [0.2, 0.25) is 0 Å². The van der Waals surface area contributed by atoms with Crippen molar-refractivity contribution in [1.29, 1.82) is 0 Å². The number of carbonyl (C=O) groups is 1. The van der Waals surface area contributed by atoms with Crippen LogP contribution in [0.5, 0.6) is 0 Å². The highest BCUT2D eigenvalue weighted by molar-refractivity contribution is 5.75. The zero-order valence-electron chi connectivity index (χ0n) is 11.7. The summed E-state index contributed by atoms with van der Waals surface area (Å²) in [4.78, 5) is 11.6. The maximum atomic E-state index is 11.6. The first-order valence-electron chi connectivity index (χ1n) is 7.16. The number of aliphatic hydroxyl groups is 1. The van der Waals surface area contributed by atoms with Crippen LogP contribution in [0.25, 0.3) is 0 Å². The monoisotopic (exact) mass is 257 g/mol. The first-order valence-corrected chi connectivity index (χ1v) is 7.16. The van der Waals surface area contributed by atoms with E-state index in [-0.39, 0.29) is 18.1 Å². The van der Waals surface area contributed by atoms with Crippen LogP contribution in [-0.4, -0.2) is 36.9 Å². The van der Waals surface area contributed by atoms with Crippen molar-refractivity contribution in [3.63, 3.8) is 0 Å². The lowest BCUT2D eigenvalue weighted by molar-refractivity contribution is -0.143. The molecule has 1 rings (SSSR count). The van der Waals surface area contributed by atoms with Gasteiger partial charge in [-0.05, 0) is 38.1 Å². The molecular formula is C14H27NO3. The molecule has 0 amide bonds. The maximum absolute atomic E-state index is 11.6. The van der Waals surface area contributed by atoms with Crippen molar-refractivity contribution in [3.05, 3.63) is 0 Å². The van der Waals surface area contributed by atoms with Gasteiger partial charge in [0.1, 0.15) is 6.04 Å². The first kappa shape index (κ1) is 15.4. The molecule has 1 aliphatic rings. The molecule has 0 saturated heterocycles. The van der Waals surface area contributed by atoms with Crippen molar-refractivity contribution >= 4 is 5.97 Å². The molecule has 0 aromatic carbocycles. The van der Waals surface area contributed by atoms with E-state index in [0.717, 1.165) is 51.5 Å². The van der Waals surface area contributed by atoms with Crippen LogP contribution in [0.4, 0.5) is 0 Å². The summed E-state index contributed by atoms with van der Waals surface area (Å²) in [5, 5.41) is 12.9. The molecule has 0 heterocycles. The van der Waals surface area contributed by atoms with Crippen molar-refractivity contribution in [2.24, 2.45) is 5.92 Å². The van der Waals surface area contributed by atoms with E-state index in [2.05, 4.69) is 12.2 Å². The fourth-order valence-electron chi connectivity index (χ4n) is 2.61. The number of esters is 1. The summed E-state index contributed by atoms with van der Waals surface area (Å²) in [5.74, 6) is 0.322. The lowest BCUT2D eigenvalue weighted by Gasteiger charge is -2.27. The number of rotatable bonds is 7. The molecule has 0 spiro atoms. The maximum Gasteiger partial charge on any atom is 0.322 e. The Labute approximate surface area is 110 Å². The molecule has 4 heteroatoms. The number of hydrogen-bond acceptors (Lipinski definition) is 4. The minimum Gasteiger partial charge on any atom is -0.468 e. The number of aliphatic hydroxyl groups excluding tert-OH is 1. The average Bonchev–Trinajstić information content (AvgIpc) is 2.38. The van der Waals surface area contributed by atoms with E-state index < -0.39 is 0 Å². The van der Waals surface area contributed by atoms with Gasteiger partial charge in [-0.3, -0.25) is 4.79 Å². The highest BCUT2D eigenvalue weighted by Gasteiger charge is 2.23. The Morgan fingerprint density at radius 3 is 2.89 bits per heavy atom. The van der Waals surface area contributed by atoms with Crippen molar-refractivity contribution in [2.75, 3.05) is 13.7 Å². The smallest absolute Gasteiger partial charge is 0.322 e. The molecule has 106 valence electrons. The lowest BCUT2D eigenvalue weighted by Crippen LogP contribution is -2.41. The van der Waals surface area contributed by atoms with E-state index in [9.17, 15) is 9.90 Å². The molecule has 0 radical (unpaired) electrons. The van der Waals surface area contributed by atoms with E-state index in [0.29, 0.717) is 5.92 Å². The minimum absolute atomic E-state index is 0.155.